The fourth-order valence-corrected chi connectivity index (χ4v) is 8.11. The van der Waals surface area contributed by atoms with Crippen LogP contribution in [0.25, 0.3) is 0 Å². The number of allylic oxidation sites excluding steroid dienone is 1. The number of benzene rings is 6. The summed E-state index contributed by atoms with van der Waals surface area (Å²) in [6.07, 6.45) is 6.47. The molecule has 56 heavy (non-hydrogen) atoms. The molecule has 1 atom stereocenters. The lowest BCUT2D eigenvalue weighted by atomic mass is 9.77. The smallest absolute Gasteiger partial charge is 0.349 e. The average Bonchev–Trinajstić information content (AvgIpc) is 3.28. The summed E-state index contributed by atoms with van der Waals surface area (Å²) in [5.74, 6) is 1.26. The minimum Gasteiger partial charge on any atom is -0.497 e. The highest BCUT2D eigenvalue weighted by atomic mass is 16.5. The normalized spacial score (nSPS) is 14.4. The predicted molar refractivity (Wildman–Crippen MR) is 224 cm³/mol. The third kappa shape index (κ3) is 7.19. The van der Waals surface area contributed by atoms with Gasteiger partial charge in [0.05, 0.1) is 13.7 Å². The van der Waals surface area contributed by atoms with E-state index in [4.69, 9.17) is 9.47 Å². The van der Waals surface area contributed by atoms with Crippen molar-refractivity contribution in [2.24, 2.45) is 0 Å². The molecule has 8 rings (SSSR count). The van der Waals surface area contributed by atoms with Gasteiger partial charge in [-0.3, -0.25) is 4.57 Å². The number of anilines is 1. The summed E-state index contributed by atoms with van der Waals surface area (Å²) in [6, 6.07) is 61.9. The van der Waals surface area contributed by atoms with Gasteiger partial charge in [0.15, 0.2) is 0 Å². The number of hydrogen-bond acceptors (Lipinski definition) is 5. The van der Waals surface area contributed by atoms with Crippen LogP contribution in [0.1, 0.15) is 58.7 Å². The monoisotopic (exact) mass is 735 g/mol. The second-order valence-corrected chi connectivity index (χ2v) is 14.2. The first-order chi connectivity index (χ1) is 27.6. The SMILES string of the molecule is COc1ccc(C(Nc2ccn(C3CC=C(COC(c4ccccc4)(c4ccccc4)c4ccccc4)CC3)c(=O)n2)(c2ccccc2)c2ccccc2)cc1. The molecule has 0 radical (unpaired) electrons. The quantitative estimate of drug-likeness (QED) is 0.0944. The molecule has 6 nitrogen and oxygen atoms in total. The molecule has 6 aromatic carbocycles. The van der Waals surface area contributed by atoms with Crippen molar-refractivity contribution in [1.82, 2.24) is 9.55 Å². The molecule has 0 aliphatic heterocycles. The second kappa shape index (κ2) is 16.5. The number of hydrogen-bond donors (Lipinski definition) is 1. The average molecular weight is 736 g/mol. The molecule has 278 valence electrons. The Kier molecular flexibility index (Phi) is 10.7. The molecule has 0 saturated carbocycles. The van der Waals surface area contributed by atoms with Crippen molar-refractivity contribution in [1.29, 1.82) is 0 Å². The van der Waals surface area contributed by atoms with E-state index in [1.807, 2.05) is 79.0 Å². The van der Waals surface area contributed by atoms with Crippen molar-refractivity contribution < 1.29 is 9.47 Å². The topological polar surface area (TPSA) is 65.4 Å². The van der Waals surface area contributed by atoms with E-state index in [-0.39, 0.29) is 11.7 Å². The summed E-state index contributed by atoms with van der Waals surface area (Å²) in [6.45, 7) is 0.466. The van der Waals surface area contributed by atoms with Crippen LogP contribution in [0.15, 0.2) is 205 Å². The summed E-state index contributed by atoms with van der Waals surface area (Å²) in [7, 11) is 1.67. The van der Waals surface area contributed by atoms with Gasteiger partial charge in [0, 0.05) is 12.2 Å². The van der Waals surface area contributed by atoms with Crippen molar-refractivity contribution in [2.45, 2.75) is 36.4 Å². The first kappa shape index (κ1) is 36.5. The van der Waals surface area contributed by atoms with Crippen LogP contribution in [0.5, 0.6) is 5.75 Å². The van der Waals surface area contributed by atoms with Gasteiger partial charge < -0.3 is 14.8 Å². The van der Waals surface area contributed by atoms with Crippen LogP contribution in [-0.4, -0.2) is 23.3 Å². The molecule has 0 saturated heterocycles. The lowest BCUT2D eigenvalue weighted by molar-refractivity contribution is 0.0258. The van der Waals surface area contributed by atoms with E-state index in [1.165, 1.54) is 5.57 Å². The number of methoxy groups -OCH3 is 1. The Labute approximate surface area is 328 Å². The first-order valence-electron chi connectivity index (χ1n) is 19.2. The summed E-state index contributed by atoms with van der Waals surface area (Å²) in [5, 5.41) is 3.73. The van der Waals surface area contributed by atoms with E-state index in [9.17, 15) is 4.79 Å². The van der Waals surface area contributed by atoms with E-state index in [1.54, 1.807) is 11.7 Å². The van der Waals surface area contributed by atoms with Gasteiger partial charge in [0.25, 0.3) is 0 Å². The Morgan fingerprint density at radius 3 is 1.52 bits per heavy atom. The van der Waals surface area contributed by atoms with Crippen LogP contribution in [0, 0.1) is 0 Å². The minimum absolute atomic E-state index is 0.00970. The molecular formula is C50H45N3O3. The van der Waals surface area contributed by atoms with Crippen LogP contribution >= 0.6 is 0 Å². The minimum atomic E-state index is -0.836. The first-order valence-corrected chi connectivity index (χ1v) is 19.2. The highest BCUT2D eigenvalue weighted by Crippen LogP contribution is 2.42. The van der Waals surface area contributed by atoms with Gasteiger partial charge in [-0.15, -0.1) is 0 Å². The van der Waals surface area contributed by atoms with Crippen molar-refractivity contribution in [3.63, 3.8) is 0 Å². The molecule has 0 fully saturated rings. The molecule has 6 heteroatoms. The molecular weight excluding hydrogens is 691 g/mol. The lowest BCUT2D eigenvalue weighted by Gasteiger charge is -2.37. The predicted octanol–water partition coefficient (Wildman–Crippen LogP) is 10.3. The van der Waals surface area contributed by atoms with E-state index in [0.29, 0.717) is 18.8 Å². The van der Waals surface area contributed by atoms with E-state index in [0.717, 1.165) is 52.0 Å². The largest absolute Gasteiger partial charge is 0.497 e. The van der Waals surface area contributed by atoms with E-state index < -0.39 is 11.1 Å². The number of nitrogens with zero attached hydrogens (tertiary/aromatic N) is 2. The van der Waals surface area contributed by atoms with Crippen LogP contribution in [-0.2, 0) is 15.9 Å². The molecule has 1 aliphatic rings. The zero-order valence-corrected chi connectivity index (χ0v) is 31.5. The molecule has 0 bridgehead atoms. The highest BCUT2D eigenvalue weighted by molar-refractivity contribution is 5.58. The number of aromatic nitrogens is 2. The zero-order valence-electron chi connectivity index (χ0n) is 31.5. The van der Waals surface area contributed by atoms with Crippen LogP contribution < -0.4 is 15.7 Å². The zero-order chi connectivity index (χ0) is 38.2. The van der Waals surface area contributed by atoms with Gasteiger partial charge in [-0.25, -0.2) is 4.79 Å². The standard InChI is InChI=1S/C50H45N3O3/c1-55-46-33-29-41(30-34-46)49(39-17-7-2-8-18-39,40-19-9-3-10-20-40)52-47-35-36-53(48(54)51-47)45-31-27-38(28-32-45)37-56-50(42-21-11-4-12-22-42,43-23-13-5-14-24-43)44-25-15-6-16-26-44/h2-27,29-30,33-36,45H,28,31-32,37H2,1H3,(H,51,52,54). The van der Waals surface area contributed by atoms with Crippen LogP contribution in [0.3, 0.4) is 0 Å². The third-order valence-electron chi connectivity index (χ3n) is 11.0. The second-order valence-electron chi connectivity index (χ2n) is 14.2. The van der Waals surface area contributed by atoms with Crippen molar-refractivity contribution >= 4 is 5.82 Å². The summed E-state index contributed by atoms with van der Waals surface area (Å²) < 4.78 is 14.4. The van der Waals surface area contributed by atoms with Gasteiger partial charge in [0.2, 0.25) is 0 Å². The van der Waals surface area contributed by atoms with Crippen LogP contribution in [0.4, 0.5) is 5.82 Å². The molecule has 1 unspecified atom stereocenters. The van der Waals surface area contributed by atoms with Crippen molar-refractivity contribution in [3.8, 4) is 5.75 Å². The molecule has 7 aromatic rings. The highest BCUT2D eigenvalue weighted by Gasteiger charge is 2.39. The molecule has 0 amide bonds. The van der Waals surface area contributed by atoms with Gasteiger partial charge in [-0.1, -0.05) is 170 Å². The number of nitrogens with one attached hydrogen (secondary N) is 1. The lowest BCUT2D eigenvalue weighted by Crippen LogP contribution is -2.39. The van der Waals surface area contributed by atoms with Gasteiger partial charge in [0.1, 0.15) is 22.7 Å². The maximum atomic E-state index is 13.9. The Morgan fingerprint density at radius 2 is 1.09 bits per heavy atom. The fraction of sp³-hybridized carbons (Fsp3) is 0.160. The number of ether oxygens (including phenoxy) is 2. The summed E-state index contributed by atoms with van der Waals surface area (Å²) >= 11 is 0. The fourth-order valence-electron chi connectivity index (χ4n) is 8.11. The Balaban J connectivity index is 1.06. The maximum Gasteiger partial charge on any atom is 0.349 e. The van der Waals surface area contributed by atoms with Crippen molar-refractivity contribution in [3.05, 3.63) is 244 Å². The summed E-state index contributed by atoms with van der Waals surface area (Å²) in [5.41, 5.74) is 5.58. The Morgan fingerprint density at radius 1 is 0.625 bits per heavy atom. The van der Waals surface area contributed by atoms with Crippen molar-refractivity contribution in [2.75, 3.05) is 19.0 Å². The third-order valence-corrected chi connectivity index (χ3v) is 11.0. The molecule has 1 aromatic heterocycles. The Bertz CT molecular complexity index is 2280. The van der Waals surface area contributed by atoms with Gasteiger partial charge in [-0.2, -0.15) is 4.98 Å². The molecule has 1 aliphatic carbocycles. The van der Waals surface area contributed by atoms with E-state index >= 15 is 0 Å². The molecule has 1 heterocycles. The van der Waals surface area contributed by atoms with Gasteiger partial charge >= 0.3 is 5.69 Å². The molecule has 0 spiro atoms. The Hall–Kier alpha value is -6.50. The molecule has 1 N–H and O–H groups in total. The van der Waals surface area contributed by atoms with Gasteiger partial charge in [-0.05, 0) is 76.4 Å². The summed E-state index contributed by atoms with van der Waals surface area (Å²) in [4.78, 5) is 18.5. The van der Waals surface area contributed by atoms with Crippen LogP contribution in [0.2, 0.25) is 0 Å². The van der Waals surface area contributed by atoms with E-state index in [2.05, 4.69) is 126 Å². The number of rotatable bonds is 13. The maximum absolute atomic E-state index is 13.9.